The molecule has 2 aliphatic rings. The molecule has 1 saturated heterocycles. The Hall–Kier alpha value is -2.92. The summed E-state index contributed by atoms with van der Waals surface area (Å²) in [7, 11) is -1.81. The molecule has 0 saturated carbocycles. The number of halogens is 1. The van der Waals surface area contributed by atoms with Crippen LogP contribution in [0.3, 0.4) is 0 Å². The predicted octanol–water partition coefficient (Wildman–Crippen LogP) is 5.39. The normalized spacial score (nSPS) is 18.2. The minimum absolute atomic E-state index is 0.198. The molecule has 1 unspecified atom stereocenters. The fourth-order valence-electron chi connectivity index (χ4n) is 5.43. The number of fused-ring (bicyclic) bond motifs is 1. The Balaban J connectivity index is 1.45. The minimum atomic E-state index is -3.52. The summed E-state index contributed by atoms with van der Waals surface area (Å²) in [6, 6.07) is 11.2. The number of anilines is 4. The number of hydrogen-bond acceptors (Lipinski definition) is 9. The van der Waals surface area contributed by atoms with Gasteiger partial charge < -0.3 is 20.1 Å². The number of hydrogen-bond donors (Lipinski definition) is 2. The van der Waals surface area contributed by atoms with Gasteiger partial charge in [-0.1, -0.05) is 23.7 Å². The van der Waals surface area contributed by atoms with Crippen molar-refractivity contribution >= 4 is 44.6 Å². The summed E-state index contributed by atoms with van der Waals surface area (Å²) in [4.78, 5) is 11.8. The third-order valence-corrected chi connectivity index (χ3v) is 10.1. The van der Waals surface area contributed by atoms with Crippen LogP contribution in [0, 0.1) is 0 Å². The Kier molecular flexibility index (Phi) is 8.80. The molecule has 1 aliphatic heterocycles. The van der Waals surface area contributed by atoms with Crippen LogP contribution in [-0.4, -0.2) is 68.0 Å². The van der Waals surface area contributed by atoms with Crippen LogP contribution in [0.5, 0.6) is 5.75 Å². The fraction of sp³-hybridized carbons (Fsp3) is 0.448. The molecule has 1 aromatic heterocycles. The summed E-state index contributed by atoms with van der Waals surface area (Å²) >= 11 is 6.46. The Bertz CT molecular complexity index is 1460. The van der Waals surface area contributed by atoms with Gasteiger partial charge in [-0.15, -0.1) is 0 Å². The van der Waals surface area contributed by atoms with Gasteiger partial charge in [-0.2, -0.15) is 4.98 Å². The van der Waals surface area contributed by atoms with Crippen molar-refractivity contribution in [2.24, 2.45) is 0 Å². The number of morpholine rings is 1. The summed E-state index contributed by atoms with van der Waals surface area (Å²) in [5, 5.41) is 6.25. The van der Waals surface area contributed by atoms with Gasteiger partial charge in [0, 0.05) is 24.8 Å². The molecule has 9 nitrogen and oxygen atoms in total. The fourth-order valence-corrected chi connectivity index (χ4v) is 6.77. The molecular formula is C29H36ClN5O4S. The summed E-state index contributed by atoms with van der Waals surface area (Å²) in [5.74, 6) is 1.57. The number of methoxy groups -OCH3 is 1. The van der Waals surface area contributed by atoms with E-state index in [9.17, 15) is 8.42 Å². The molecule has 1 aliphatic carbocycles. The SMILES string of the molecule is COc1ccc(Nc2ncc(Cl)c(Nc3ccccc3S(=O)(=O)C(C)C)n2)c2c1CCCC(N1CCOCC1)C2. The van der Waals surface area contributed by atoms with Crippen LogP contribution >= 0.6 is 11.6 Å². The molecule has 1 atom stereocenters. The maximum atomic E-state index is 13.0. The van der Waals surface area contributed by atoms with E-state index in [1.165, 1.54) is 17.3 Å². The van der Waals surface area contributed by atoms with Crippen LogP contribution in [0.15, 0.2) is 47.5 Å². The van der Waals surface area contributed by atoms with Crippen LogP contribution in [0.2, 0.25) is 5.02 Å². The highest BCUT2D eigenvalue weighted by Crippen LogP contribution is 2.37. The highest BCUT2D eigenvalue weighted by Gasteiger charge is 2.28. The zero-order valence-corrected chi connectivity index (χ0v) is 24.7. The van der Waals surface area contributed by atoms with Crippen LogP contribution in [-0.2, 0) is 27.4 Å². The average Bonchev–Trinajstić information content (AvgIpc) is 3.19. The summed E-state index contributed by atoms with van der Waals surface area (Å²) in [6.45, 7) is 6.73. The Morgan fingerprint density at radius 1 is 1.07 bits per heavy atom. The van der Waals surface area contributed by atoms with E-state index in [4.69, 9.17) is 21.1 Å². The highest BCUT2D eigenvalue weighted by atomic mass is 35.5. The largest absolute Gasteiger partial charge is 0.496 e. The Labute approximate surface area is 241 Å². The van der Waals surface area contributed by atoms with Crippen molar-refractivity contribution in [3.63, 3.8) is 0 Å². The molecule has 1 fully saturated rings. The molecule has 0 amide bonds. The van der Waals surface area contributed by atoms with E-state index in [-0.39, 0.29) is 9.92 Å². The van der Waals surface area contributed by atoms with Crippen molar-refractivity contribution in [2.45, 2.75) is 55.7 Å². The number of aromatic nitrogens is 2. The zero-order valence-electron chi connectivity index (χ0n) is 23.1. The van der Waals surface area contributed by atoms with E-state index in [0.29, 0.717) is 23.5 Å². The minimum Gasteiger partial charge on any atom is -0.496 e. The highest BCUT2D eigenvalue weighted by molar-refractivity contribution is 7.92. The molecule has 40 heavy (non-hydrogen) atoms. The number of ether oxygens (including phenoxy) is 2. The first-order valence-corrected chi connectivity index (χ1v) is 15.6. The summed E-state index contributed by atoms with van der Waals surface area (Å²) in [6.07, 6.45) is 5.52. The lowest BCUT2D eigenvalue weighted by Gasteiger charge is -2.34. The first kappa shape index (κ1) is 28.6. The molecule has 2 aromatic carbocycles. The lowest BCUT2D eigenvalue weighted by Crippen LogP contribution is -2.44. The molecule has 214 valence electrons. The number of nitrogens with zero attached hydrogens (tertiary/aromatic N) is 3. The van der Waals surface area contributed by atoms with Crippen molar-refractivity contribution in [1.29, 1.82) is 0 Å². The topological polar surface area (TPSA) is 106 Å². The van der Waals surface area contributed by atoms with Gasteiger partial charge in [0.25, 0.3) is 0 Å². The van der Waals surface area contributed by atoms with Crippen molar-refractivity contribution in [2.75, 3.05) is 44.0 Å². The lowest BCUT2D eigenvalue weighted by atomic mass is 9.97. The van der Waals surface area contributed by atoms with Gasteiger partial charge in [-0.05, 0) is 74.9 Å². The van der Waals surface area contributed by atoms with Crippen molar-refractivity contribution in [3.05, 3.63) is 58.7 Å². The summed E-state index contributed by atoms with van der Waals surface area (Å²) < 4.78 is 37.2. The Morgan fingerprint density at radius 2 is 1.85 bits per heavy atom. The van der Waals surface area contributed by atoms with Crippen molar-refractivity contribution in [1.82, 2.24) is 14.9 Å². The molecule has 0 radical (unpaired) electrons. The monoisotopic (exact) mass is 585 g/mol. The van der Waals surface area contributed by atoms with Gasteiger partial charge >= 0.3 is 0 Å². The number of rotatable bonds is 8. The van der Waals surface area contributed by atoms with E-state index in [1.807, 2.05) is 12.1 Å². The molecule has 2 heterocycles. The second-order valence-corrected chi connectivity index (χ2v) is 13.3. The van der Waals surface area contributed by atoms with E-state index >= 15 is 0 Å². The van der Waals surface area contributed by atoms with Crippen LogP contribution in [0.1, 0.15) is 37.8 Å². The van der Waals surface area contributed by atoms with Gasteiger partial charge in [0.15, 0.2) is 15.7 Å². The smallest absolute Gasteiger partial charge is 0.229 e. The third kappa shape index (κ3) is 6.05. The summed E-state index contributed by atoms with van der Waals surface area (Å²) in [5.41, 5.74) is 3.75. The average molecular weight is 586 g/mol. The van der Waals surface area contributed by atoms with Crippen molar-refractivity contribution < 1.29 is 17.9 Å². The van der Waals surface area contributed by atoms with Crippen LogP contribution < -0.4 is 15.4 Å². The quantitative estimate of drug-likeness (QED) is 0.337. The molecular weight excluding hydrogens is 550 g/mol. The first-order valence-electron chi connectivity index (χ1n) is 13.7. The van der Waals surface area contributed by atoms with Crippen LogP contribution in [0.4, 0.5) is 23.1 Å². The predicted molar refractivity (Wildman–Crippen MR) is 158 cm³/mol. The number of para-hydroxylation sites is 1. The second-order valence-electron chi connectivity index (χ2n) is 10.4. The standard InChI is InChI=1S/C29H36ClN5O4S/c1-19(2)40(36,37)27-10-5-4-9-25(27)32-28-23(30)18-31-29(34-28)33-24-11-12-26(38-3)21-8-6-7-20(17-22(21)24)35-13-15-39-16-14-35/h4-5,9-12,18-20H,6-8,13-17H2,1-3H3,(H2,31,32,33,34). The van der Waals surface area contributed by atoms with Gasteiger partial charge in [-0.3, -0.25) is 4.90 Å². The molecule has 3 aromatic rings. The number of benzene rings is 2. The van der Waals surface area contributed by atoms with Gasteiger partial charge in [-0.25, -0.2) is 13.4 Å². The third-order valence-electron chi connectivity index (χ3n) is 7.63. The van der Waals surface area contributed by atoms with E-state index in [1.54, 1.807) is 45.2 Å². The molecule has 0 spiro atoms. The number of sulfone groups is 1. The Morgan fingerprint density at radius 3 is 2.60 bits per heavy atom. The van der Waals surface area contributed by atoms with Crippen LogP contribution in [0.25, 0.3) is 0 Å². The van der Waals surface area contributed by atoms with Gasteiger partial charge in [0.05, 0.1) is 42.4 Å². The van der Waals surface area contributed by atoms with Gasteiger partial charge in [0.1, 0.15) is 10.8 Å². The number of nitrogens with one attached hydrogen (secondary N) is 2. The van der Waals surface area contributed by atoms with Gasteiger partial charge in [0.2, 0.25) is 5.95 Å². The zero-order chi connectivity index (χ0) is 28.3. The molecule has 0 bridgehead atoms. The van der Waals surface area contributed by atoms with E-state index in [2.05, 4.69) is 25.5 Å². The second kappa shape index (κ2) is 12.3. The molecule has 11 heteroatoms. The maximum absolute atomic E-state index is 13.0. The molecule has 5 rings (SSSR count). The molecule has 2 N–H and O–H groups in total. The van der Waals surface area contributed by atoms with E-state index < -0.39 is 15.1 Å². The maximum Gasteiger partial charge on any atom is 0.229 e. The lowest BCUT2D eigenvalue weighted by molar-refractivity contribution is 0.0150. The van der Waals surface area contributed by atoms with Crippen molar-refractivity contribution in [3.8, 4) is 5.75 Å². The first-order chi connectivity index (χ1) is 19.3. The van der Waals surface area contributed by atoms with E-state index in [0.717, 1.165) is 63.4 Å².